The van der Waals surface area contributed by atoms with Gasteiger partial charge in [0.25, 0.3) is 0 Å². The second-order valence-corrected chi connectivity index (χ2v) is 13.5. The van der Waals surface area contributed by atoms with E-state index < -0.39 is 0 Å². The molecule has 0 spiro atoms. The number of aromatic nitrogens is 3. The van der Waals surface area contributed by atoms with Gasteiger partial charge < -0.3 is 5.11 Å². The van der Waals surface area contributed by atoms with Gasteiger partial charge >= 0.3 is 0 Å². The number of hydrogen-bond donors (Lipinski definition) is 1. The molecule has 0 aliphatic carbocycles. The molecule has 0 bridgehead atoms. The number of pyridine rings is 1. The first-order chi connectivity index (χ1) is 21.9. The van der Waals surface area contributed by atoms with Gasteiger partial charge in [0.05, 0.1) is 28.7 Å². The van der Waals surface area contributed by atoms with Crippen molar-refractivity contribution in [1.82, 2.24) is 14.5 Å². The topological polar surface area (TPSA) is 98.5 Å². The quantitative estimate of drug-likeness (QED) is 0.180. The van der Waals surface area contributed by atoms with Crippen LogP contribution in [-0.2, 0) is 31.9 Å². The average molecular weight is 796 g/mol. The number of fused-ring (bicyclic) bond motifs is 1. The predicted octanol–water partition coefficient (Wildman–Crippen LogP) is 9.26. The molecule has 2 heterocycles. The van der Waals surface area contributed by atoms with E-state index in [-0.39, 0.29) is 37.6 Å². The molecule has 0 unspecified atom stereocenters. The molecule has 6 aromatic rings. The van der Waals surface area contributed by atoms with E-state index in [1.165, 1.54) is 0 Å². The largest absolute Gasteiger partial charge is 0.507 e. The van der Waals surface area contributed by atoms with Gasteiger partial charge in [-0.25, -0.2) is 4.98 Å². The summed E-state index contributed by atoms with van der Waals surface area (Å²) in [6.45, 7) is 12.8. The summed E-state index contributed by atoms with van der Waals surface area (Å²) >= 11 is 0. The van der Waals surface area contributed by atoms with Crippen molar-refractivity contribution in [2.24, 2.45) is 0 Å². The fourth-order valence-electron chi connectivity index (χ4n) is 5.71. The summed E-state index contributed by atoms with van der Waals surface area (Å²) in [7, 11) is 0. The van der Waals surface area contributed by atoms with E-state index >= 15 is 0 Å². The fraction of sp³-hybridized carbons (Fsp3) is 0.200. The van der Waals surface area contributed by atoms with Gasteiger partial charge in [0.1, 0.15) is 11.6 Å². The fourth-order valence-corrected chi connectivity index (χ4v) is 5.71. The van der Waals surface area contributed by atoms with E-state index in [9.17, 15) is 15.6 Å². The third-order valence-electron chi connectivity index (χ3n) is 8.18. The Morgan fingerprint density at radius 1 is 0.745 bits per heavy atom. The standard InChI is InChI=1S/C40H34N5O.Pt/c1-39(2,3)29-21-32(37(46)33(22-29)40(4,5)6)38-44-36-31(13-10-14-35(36)45(38)30-11-8-7-9-12-30)27-17-26(24-42)18-28(20-27)34-19-25(23-41)15-16-43-34;/h7-19,21-22,46H,1-6H3;/q-1;. The summed E-state index contributed by atoms with van der Waals surface area (Å²) in [5.41, 5.74) is 8.12. The number of phenols is 1. The van der Waals surface area contributed by atoms with Crippen LogP contribution in [0.3, 0.4) is 0 Å². The minimum Gasteiger partial charge on any atom is -0.507 e. The molecule has 236 valence electrons. The summed E-state index contributed by atoms with van der Waals surface area (Å²) in [6, 6.07) is 34.9. The summed E-state index contributed by atoms with van der Waals surface area (Å²) < 4.78 is 2.08. The van der Waals surface area contributed by atoms with E-state index in [4.69, 9.17) is 4.98 Å². The van der Waals surface area contributed by atoms with Crippen LogP contribution >= 0.6 is 0 Å². The summed E-state index contributed by atoms with van der Waals surface area (Å²) in [4.78, 5) is 9.72. The van der Waals surface area contributed by atoms with Crippen molar-refractivity contribution in [3.63, 3.8) is 0 Å². The number of hydrogen-bond acceptors (Lipinski definition) is 5. The maximum absolute atomic E-state index is 11.9. The number of rotatable bonds is 4. The first kappa shape index (κ1) is 33.3. The molecular formula is C40H34N5OPt-. The summed E-state index contributed by atoms with van der Waals surface area (Å²) in [6.07, 6.45) is 1.58. The zero-order valence-corrected chi connectivity index (χ0v) is 29.4. The summed E-state index contributed by atoms with van der Waals surface area (Å²) in [5.74, 6) is 0.820. The number of benzene rings is 4. The predicted molar refractivity (Wildman–Crippen MR) is 183 cm³/mol. The zero-order valence-electron chi connectivity index (χ0n) is 27.2. The second kappa shape index (κ2) is 12.6. The van der Waals surface area contributed by atoms with Gasteiger partial charge in [0.2, 0.25) is 0 Å². The molecule has 1 N–H and O–H groups in total. The number of nitrogens with zero attached hydrogens (tertiary/aromatic N) is 5. The van der Waals surface area contributed by atoms with Crippen LogP contribution in [0.15, 0.2) is 91.1 Å². The number of phenolic OH excluding ortho intramolecular Hbond substituents is 1. The maximum atomic E-state index is 11.9. The first-order valence-corrected chi connectivity index (χ1v) is 15.2. The van der Waals surface area contributed by atoms with E-state index in [1.54, 1.807) is 30.5 Å². The molecule has 6 nitrogen and oxygen atoms in total. The third kappa shape index (κ3) is 6.35. The molecule has 0 atom stereocenters. The monoisotopic (exact) mass is 795 g/mol. The van der Waals surface area contributed by atoms with Gasteiger partial charge in [-0.3, -0.25) is 9.55 Å². The van der Waals surface area contributed by atoms with Crippen molar-refractivity contribution < 1.29 is 26.2 Å². The molecule has 0 fully saturated rings. The van der Waals surface area contributed by atoms with Crippen LogP contribution in [0.25, 0.3) is 50.5 Å². The van der Waals surface area contributed by atoms with Gasteiger partial charge in [-0.2, -0.15) is 10.5 Å². The van der Waals surface area contributed by atoms with Gasteiger partial charge in [0, 0.05) is 49.8 Å². The molecule has 0 radical (unpaired) electrons. The van der Waals surface area contributed by atoms with Crippen molar-refractivity contribution in [1.29, 1.82) is 10.5 Å². The van der Waals surface area contributed by atoms with Crippen molar-refractivity contribution in [2.75, 3.05) is 0 Å². The number of imidazole rings is 1. The minimum atomic E-state index is -0.311. The first-order valence-electron chi connectivity index (χ1n) is 15.2. The molecule has 47 heavy (non-hydrogen) atoms. The molecular weight excluding hydrogens is 762 g/mol. The van der Waals surface area contributed by atoms with Gasteiger partial charge in [-0.05, 0) is 52.3 Å². The molecule has 4 aromatic carbocycles. The van der Waals surface area contributed by atoms with Crippen LogP contribution in [-0.4, -0.2) is 19.6 Å². The minimum absolute atomic E-state index is 0. The number of aromatic hydroxyl groups is 1. The van der Waals surface area contributed by atoms with Crippen LogP contribution in [0, 0.1) is 28.7 Å². The number of nitriles is 2. The van der Waals surface area contributed by atoms with E-state index in [1.807, 2.05) is 48.5 Å². The van der Waals surface area contributed by atoms with Crippen molar-refractivity contribution in [2.45, 2.75) is 52.4 Å². The Morgan fingerprint density at radius 3 is 2.11 bits per heavy atom. The Balaban J connectivity index is 0.00000433. The van der Waals surface area contributed by atoms with Crippen molar-refractivity contribution in [3.05, 3.63) is 119 Å². The summed E-state index contributed by atoms with van der Waals surface area (Å²) in [5, 5.41) is 31.3. The van der Waals surface area contributed by atoms with Crippen LogP contribution in [0.1, 0.15) is 63.8 Å². The van der Waals surface area contributed by atoms with Gasteiger partial charge in [0.15, 0.2) is 0 Å². The van der Waals surface area contributed by atoms with Crippen molar-refractivity contribution >= 4 is 11.0 Å². The molecule has 0 saturated carbocycles. The SMILES string of the molecule is CC(C)(C)c1cc(-c2nc3c(-c4[c-]c(-c5cc(C#N)ccn5)cc(C#N)c4)cccc3n2-c2ccccc2)c(O)c(C(C)(C)C)c1.[Pt]. The van der Waals surface area contributed by atoms with E-state index in [0.29, 0.717) is 44.9 Å². The second-order valence-electron chi connectivity index (χ2n) is 13.5. The Bertz CT molecular complexity index is 2210. The third-order valence-corrected chi connectivity index (χ3v) is 8.18. The van der Waals surface area contributed by atoms with Crippen LogP contribution in [0.5, 0.6) is 5.75 Å². The normalized spacial score (nSPS) is 11.5. The smallest absolute Gasteiger partial charge is 0.148 e. The average Bonchev–Trinajstić information content (AvgIpc) is 3.43. The maximum Gasteiger partial charge on any atom is 0.148 e. The van der Waals surface area contributed by atoms with Crippen molar-refractivity contribution in [3.8, 4) is 57.3 Å². The number of para-hydroxylation sites is 2. The Morgan fingerprint density at radius 2 is 1.45 bits per heavy atom. The molecule has 7 heteroatoms. The molecule has 0 aliphatic heterocycles. The Hall–Kier alpha value is -5.03. The van der Waals surface area contributed by atoms with Crippen LogP contribution < -0.4 is 0 Å². The zero-order chi connectivity index (χ0) is 32.8. The molecule has 6 rings (SSSR count). The van der Waals surface area contributed by atoms with Crippen LogP contribution in [0.4, 0.5) is 0 Å². The van der Waals surface area contributed by atoms with E-state index in [2.05, 4.69) is 81.4 Å². The van der Waals surface area contributed by atoms with Crippen LogP contribution in [0.2, 0.25) is 0 Å². The molecule has 2 aromatic heterocycles. The molecule has 0 saturated heterocycles. The van der Waals surface area contributed by atoms with Gasteiger partial charge in [-0.15, -0.1) is 23.8 Å². The Kier molecular flexibility index (Phi) is 8.96. The van der Waals surface area contributed by atoms with Gasteiger partial charge in [-0.1, -0.05) is 95.1 Å². The van der Waals surface area contributed by atoms with E-state index in [0.717, 1.165) is 27.9 Å². The molecule has 0 aliphatic rings. The molecule has 0 amide bonds. The Labute approximate surface area is 290 Å².